The first kappa shape index (κ1) is 17.1. The van der Waals surface area contributed by atoms with Gasteiger partial charge in [0.15, 0.2) is 0 Å². The van der Waals surface area contributed by atoms with Gasteiger partial charge in [-0.05, 0) is 55.2 Å². The molecule has 0 saturated carbocycles. The Balaban J connectivity index is 1.45. The quantitative estimate of drug-likeness (QED) is 0.930. The number of rotatable bonds is 4. The average Bonchev–Trinajstić information content (AvgIpc) is 2.67. The third kappa shape index (κ3) is 4.44. The summed E-state index contributed by atoms with van der Waals surface area (Å²) in [6.07, 6.45) is 1.73. The van der Waals surface area contributed by atoms with E-state index in [2.05, 4.69) is 5.32 Å². The molecular weight excluding hydrogens is 319 g/mol. The molecule has 1 heterocycles. The lowest BCUT2D eigenvalue weighted by molar-refractivity contribution is 0.0684. The van der Waals surface area contributed by atoms with Crippen molar-refractivity contribution in [3.05, 3.63) is 71.5 Å². The summed E-state index contributed by atoms with van der Waals surface area (Å²) in [6, 6.07) is 14.8. The Labute approximate surface area is 146 Å². The minimum absolute atomic E-state index is 0.0643. The van der Waals surface area contributed by atoms with Crippen molar-refractivity contribution in [1.82, 2.24) is 10.2 Å². The number of carbonyl (C=O) groups excluding carboxylic acids is 2. The predicted molar refractivity (Wildman–Crippen MR) is 93.8 cm³/mol. The Morgan fingerprint density at radius 1 is 0.960 bits per heavy atom. The molecule has 1 aliphatic rings. The van der Waals surface area contributed by atoms with Gasteiger partial charge >= 0.3 is 0 Å². The third-order valence-electron chi connectivity index (χ3n) is 4.58. The number of benzene rings is 2. The number of piperidine rings is 1. The molecule has 1 N–H and O–H groups in total. The first-order valence-electron chi connectivity index (χ1n) is 8.51. The third-order valence-corrected chi connectivity index (χ3v) is 4.58. The maximum atomic E-state index is 12.9. The summed E-state index contributed by atoms with van der Waals surface area (Å²) in [5.41, 5.74) is 1.17. The highest BCUT2D eigenvalue weighted by atomic mass is 19.1. The van der Waals surface area contributed by atoms with Crippen LogP contribution >= 0.6 is 0 Å². The van der Waals surface area contributed by atoms with Crippen LogP contribution < -0.4 is 5.32 Å². The molecule has 0 bridgehead atoms. The second-order valence-corrected chi connectivity index (χ2v) is 6.32. The van der Waals surface area contributed by atoms with Crippen LogP contribution in [0, 0.1) is 11.7 Å². The summed E-state index contributed by atoms with van der Waals surface area (Å²) < 4.78 is 12.9. The second-order valence-electron chi connectivity index (χ2n) is 6.32. The van der Waals surface area contributed by atoms with Crippen molar-refractivity contribution in [3.63, 3.8) is 0 Å². The lowest BCUT2D eigenvalue weighted by Gasteiger charge is -2.32. The van der Waals surface area contributed by atoms with Crippen LogP contribution in [0.5, 0.6) is 0 Å². The van der Waals surface area contributed by atoms with E-state index in [4.69, 9.17) is 0 Å². The van der Waals surface area contributed by atoms with Crippen LogP contribution in [-0.2, 0) is 0 Å². The molecule has 0 atom stereocenters. The van der Waals surface area contributed by atoms with Crippen LogP contribution in [0.3, 0.4) is 0 Å². The molecule has 130 valence electrons. The lowest BCUT2D eigenvalue weighted by atomic mass is 9.96. The number of carbonyl (C=O) groups is 2. The van der Waals surface area contributed by atoms with E-state index < -0.39 is 0 Å². The molecule has 0 aromatic heterocycles. The van der Waals surface area contributed by atoms with Crippen molar-refractivity contribution in [2.45, 2.75) is 12.8 Å². The fraction of sp³-hybridized carbons (Fsp3) is 0.300. The topological polar surface area (TPSA) is 49.4 Å². The van der Waals surface area contributed by atoms with Crippen LogP contribution in [-0.4, -0.2) is 36.3 Å². The van der Waals surface area contributed by atoms with Crippen molar-refractivity contribution >= 4 is 11.8 Å². The summed E-state index contributed by atoms with van der Waals surface area (Å²) in [7, 11) is 0. The summed E-state index contributed by atoms with van der Waals surface area (Å²) in [6.45, 7) is 1.97. The molecule has 2 amide bonds. The van der Waals surface area contributed by atoms with Gasteiger partial charge in [0.05, 0.1) is 0 Å². The smallest absolute Gasteiger partial charge is 0.253 e. The van der Waals surface area contributed by atoms with Gasteiger partial charge in [-0.25, -0.2) is 4.39 Å². The molecule has 4 nitrogen and oxygen atoms in total. The Kier molecular flexibility index (Phi) is 5.43. The minimum atomic E-state index is -0.355. The van der Waals surface area contributed by atoms with Crippen LogP contribution in [0.15, 0.2) is 54.6 Å². The highest BCUT2D eigenvalue weighted by molar-refractivity contribution is 5.94. The Morgan fingerprint density at radius 3 is 2.24 bits per heavy atom. The molecule has 2 aromatic carbocycles. The van der Waals surface area contributed by atoms with E-state index in [1.54, 1.807) is 0 Å². The van der Waals surface area contributed by atoms with Crippen LogP contribution in [0.25, 0.3) is 0 Å². The second kappa shape index (κ2) is 7.92. The zero-order valence-corrected chi connectivity index (χ0v) is 14.0. The number of halogens is 1. The van der Waals surface area contributed by atoms with Crippen LogP contribution in [0.2, 0.25) is 0 Å². The van der Waals surface area contributed by atoms with E-state index in [-0.39, 0.29) is 17.6 Å². The van der Waals surface area contributed by atoms with Gasteiger partial charge in [-0.3, -0.25) is 9.59 Å². The summed E-state index contributed by atoms with van der Waals surface area (Å²) in [5, 5.41) is 2.90. The van der Waals surface area contributed by atoms with Gasteiger partial charge in [0.1, 0.15) is 5.82 Å². The fourth-order valence-electron chi connectivity index (χ4n) is 3.04. The van der Waals surface area contributed by atoms with Gasteiger partial charge in [0.2, 0.25) is 0 Å². The maximum absolute atomic E-state index is 12.9. The van der Waals surface area contributed by atoms with Crippen molar-refractivity contribution < 1.29 is 14.0 Å². The van der Waals surface area contributed by atoms with Crippen molar-refractivity contribution in [1.29, 1.82) is 0 Å². The Bertz CT molecular complexity index is 723. The van der Waals surface area contributed by atoms with Gasteiger partial charge in [-0.15, -0.1) is 0 Å². The molecule has 1 fully saturated rings. The standard InChI is InChI=1S/C20H21FN2O2/c21-18-8-6-16(7-9-18)19(24)22-14-15-10-12-23(13-11-15)20(25)17-4-2-1-3-5-17/h1-9,15H,10-14H2,(H,22,24). The van der Waals surface area contributed by atoms with E-state index in [1.165, 1.54) is 24.3 Å². The molecule has 3 rings (SSSR count). The number of hydrogen-bond donors (Lipinski definition) is 1. The number of nitrogens with one attached hydrogen (secondary N) is 1. The van der Waals surface area contributed by atoms with Crippen molar-refractivity contribution in [3.8, 4) is 0 Å². The monoisotopic (exact) mass is 340 g/mol. The molecule has 1 saturated heterocycles. The molecule has 0 unspecified atom stereocenters. The molecule has 0 aliphatic carbocycles. The van der Waals surface area contributed by atoms with Gasteiger partial charge < -0.3 is 10.2 Å². The molecule has 0 spiro atoms. The van der Waals surface area contributed by atoms with E-state index in [9.17, 15) is 14.0 Å². The normalized spacial score (nSPS) is 15.0. The summed E-state index contributed by atoms with van der Waals surface area (Å²) in [5.74, 6) is -0.131. The minimum Gasteiger partial charge on any atom is -0.352 e. The SMILES string of the molecule is O=C(NCC1CCN(C(=O)c2ccccc2)CC1)c1ccc(F)cc1. The average molecular weight is 340 g/mol. The first-order valence-corrected chi connectivity index (χ1v) is 8.51. The number of amides is 2. The van der Waals surface area contributed by atoms with Gasteiger partial charge in [-0.2, -0.15) is 0 Å². The molecule has 5 heteroatoms. The number of hydrogen-bond acceptors (Lipinski definition) is 2. The fourth-order valence-corrected chi connectivity index (χ4v) is 3.04. The lowest BCUT2D eigenvalue weighted by Crippen LogP contribution is -2.41. The van der Waals surface area contributed by atoms with Gasteiger partial charge in [0, 0.05) is 30.8 Å². The molecular formula is C20H21FN2O2. The largest absolute Gasteiger partial charge is 0.352 e. The first-order chi connectivity index (χ1) is 12.1. The van der Waals surface area contributed by atoms with Crippen molar-refractivity contribution in [2.75, 3.05) is 19.6 Å². The molecule has 25 heavy (non-hydrogen) atoms. The van der Waals surface area contributed by atoms with E-state index in [0.29, 0.717) is 36.7 Å². The zero-order chi connectivity index (χ0) is 17.6. The van der Waals surface area contributed by atoms with E-state index in [1.807, 2.05) is 35.2 Å². The molecule has 0 radical (unpaired) electrons. The van der Waals surface area contributed by atoms with Gasteiger partial charge in [-0.1, -0.05) is 18.2 Å². The summed E-state index contributed by atoms with van der Waals surface area (Å²) >= 11 is 0. The maximum Gasteiger partial charge on any atom is 0.253 e. The predicted octanol–water partition coefficient (Wildman–Crippen LogP) is 3.11. The summed E-state index contributed by atoms with van der Waals surface area (Å²) in [4.78, 5) is 26.3. The molecule has 1 aliphatic heterocycles. The van der Waals surface area contributed by atoms with Crippen molar-refractivity contribution in [2.24, 2.45) is 5.92 Å². The van der Waals surface area contributed by atoms with Crippen LogP contribution in [0.1, 0.15) is 33.6 Å². The zero-order valence-electron chi connectivity index (χ0n) is 14.0. The molecule has 2 aromatic rings. The Hall–Kier alpha value is -2.69. The number of likely N-dealkylation sites (tertiary alicyclic amines) is 1. The van der Waals surface area contributed by atoms with Crippen LogP contribution in [0.4, 0.5) is 4.39 Å². The number of nitrogens with zero attached hydrogens (tertiary/aromatic N) is 1. The van der Waals surface area contributed by atoms with Gasteiger partial charge in [0.25, 0.3) is 11.8 Å². The van der Waals surface area contributed by atoms with E-state index >= 15 is 0 Å². The highest BCUT2D eigenvalue weighted by Crippen LogP contribution is 2.18. The Morgan fingerprint density at radius 2 is 1.60 bits per heavy atom. The highest BCUT2D eigenvalue weighted by Gasteiger charge is 2.23. The van der Waals surface area contributed by atoms with E-state index in [0.717, 1.165) is 12.8 Å².